The van der Waals surface area contributed by atoms with Gasteiger partial charge in [0.25, 0.3) is 0 Å². The minimum atomic E-state index is -1.65. The molecule has 2 rings (SSSR count). The average molecular weight is 688 g/mol. The van der Waals surface area contributed by atoms with Crippen molar-refractivity contribution in [2.75, 3.05) is 78.5 Å². The Morgan fingerprint density at radius 3 is 1.15 bits per heavy atom. The molecule has 16 nitrogen and oxygen atoms in total. The number of hydrogen-bond acceptors (Lipinski definition) is 13. The number of esters is 3. The fourth-order valence-electron chi connectivity index (χ4n) is 5.65. The molecule has 48 heavy (non-hydrogen) atoms. The Labute approximate surface area is 283 Å². The number of amides is 1. The SMILES string of the molecule is CC(C)(C)OC(=O)CN1CCN(CC(=O)OC(C)(C)C)CCN([C@@H]2CN(C(=O)O)[C@@H](C(=O)O)[C@H]2O)CCN(CC(=O)OC(C)(C)C)CC1. The zero-order valence-corrected chi connectivity index (χ0v) is 30.1. The molecule has 0 saturated carbocycles. The van der Waals surface area contributed by atoms with Crippen molar-refractivity contribution >= 4 is 30.0 Å². The Hall–Kier alpha value is -3.05. The third-order valence-electron chi connectivity index (χ3n) is 7.59. The number of aliphatic carboxylic acids is 1. The summed E-state index contributed by atoms with van der Waals surface area (Å²) in [6.07, 6.45) is -2.98. The van der Waals surface area contributed by atoms with Crippen LogP contribution in [0, 0.1) is 0 Å². The van der Waals surface area contributed by atoms with E-state index in [0.717, 1.165) is 4.90 Å². The standard InChI is InChI=1S/C32H57N5O11/c1-30(2,3)46-23(38)19-33-10-12-34(20-24(39)47-31(4,5)6)14-16-36(22-18-37(29(44)45)26(27(22)41)28(42)43)17-15-35(13-11-33)21-25(40)48-32(7,8)9/h22,26-27,41H,10-21H2,1-9H3,(H,42,43)(H,44,45)/t22-,26-,27+/m1/s1. The molecule has 2 saturated heterocycles. The Morgan fingerprint density at radius 1 is 0.583 bits per heavy atom. The van der Waals surface area contributed by atoms with Crippen LogP contribution in [0.2, 0.25) is 0 Å². The number of ether oxygens (including phenoxy) is 3. The van der Waals surface area contributed by atoms with Crippen molar-refractivity contribution in [1.82, 2.24) is 24.5 Å². The molecule has 16 heteroatoms. The molecular formula is C32H57N5O11. The first-order valence-corrected chi connectivity index (χ1v) is 16.4. The second kappa shape index (κ2) is 17.1. The molecule has 0 unspecified atom stereocenters. The van der Waals surface area contributed by atoms with Gasteiger partial charge in [0.15, 0.2) is 6.04 Å². The van der Waals surface area contributed by atoms with Gasteiger partial charge in [-0.1, -0.05) is 0 Å². The molecule has 276 valence electrons. The largest absolute Gasteiger partial charge is 0.480 e. The summed E-state index contributed by atoms with van der Waals surface area (Å²) in [7, 11) is 0. The summed E-state index contributed by atoms with van der Waals surface area (Å²) < 4.78 is 16.7. The normalized spacial score (nSPS) is 23.5. The van der Waals surface area contributed by atoms with Crippen LogP contribution < -0.4 is 0 Å². The fraction of sp³-hybridized carbons (Fsp3) is 0.844. The highest BCUT2D eigenvalue weighted by molar-refractivity contribution is 5.81. The zero-order valence-electron chi connectivity index (χ0n) is 30.1. The van der Waals surface area contributed by atoms with Crippen LogP contribution in [0.25, 0.3) is 0 Å². The maximum atomic E-state index is 12.9. The highest BCUT2D eigenvalue weighted by atomic mass is 16.6. The number of rotatable bonds is 8. The van der Waals surface area contributed by atoms with E-state index in [2.05, 4.69) is 0 Å². The molecule has 0 spiro atoms. The van der Waals surface area contributed by atoms with Crippen molar-refractivity contribution in [1.29, 1.82) is 0 Å². The summed E-state index contributed by atoms with van der Waals surface area (Å²) in [5.41, 5.74) is -2.11. The van der Waals surface area contributed by atoms with Gasteiger partial charge in [-0.05, 0) is 62.3 Å². The van der Waals surface area contributed by atoms with Gasteiger partial charge < -0.3 is 29.5 Å². The molecule has 3 atom stereocenters. The lowest BCUT2D eigenvalue weighted by Crippen LogP contribution is -2.53. The smallest absolute Gasteiger partial charge is 0.408 e. The van der Waals surface area contributed by atoms with E-state index in [1.165, 1.54) is 0 Å². The number of hydrogen-bond donors (Lipinski definition) is 3. The van der Waals surface area contributed by atoms with Gasteiger partial charge in [0.2, 0.25) is 0 Å². The van der Waals surface area contributed by atoms with Gasteiger partial charge in [-0.15, -0.1) is 0 Å². The quantitative estimate of drug-likeness (QED) is 0.235. The lowest BCUT2D eigenvalue weighted by atomic mass is 10.1. The summed E-state index contributed by atoms with van der Waals surface area (Å²) in [4.78, 5) is 70.7. The number of likely N-dealkylation sites (tertiary alicyclic amines) is 1. The number of nitrogens with zero attached hydrogens (tertiary/aromatic N) is 5. The highest BCUT2D eigenvalue weighted by Crippen LogP contribution is 2.24. The molecule has 2 heterocycles. The van der Waals surface area contributed by atoms with E-state index in [1.807, 2.05) is 19.6 Å². The number of aliphatic hydroxyl groups excluding tert-OH is 1. The van der Waals surface area contributed by atoms with Crippen molar-refractivity contribution in [2.24, 2.45) is 0 Å². The van der Waals surface area contributed by atoms with E-state index < -0.39 is 65.0 Å². The molecule has 2 aliphatic rings. The molecular weight excluding hydrogens is 630 g/mol. The van der Waals surface area contributed by atoms with E-state index in [-0.39, 0.29) is 52.4 Å². The Morgan fingerprint density at radius 2 is 0.896 bits per heavy atom. The lowest BCUT2D eigenvalue weighted by Gasteiger charge is -2.37. The summed E-state index contributed by atoms with van der Waals surface area (Å²) in [6.45, 7) is 18.0. The second-order valence-corrected chi connectivity index (χ2v) is 15.4. The molecule has 0 aliphatic carbocycles. The fourth-order valence-corrected chi connectivity index (χ4v) is 5.65. The average Bonchev–Trinajstić information content (AvgIpc) is 3.22. The van der Waals surface area contributed by atoms with Crippen LogP contribution in [0.5, 0.6) is 0 Å². The summed E-state index contributed by atoms with van der Waals surface area (Å²) in [6, 6.07) is -2.51. The minimum absolute atomic E-state index is 0.0141. The van der Waals surface area contributed by atoms with E-state index in [1.54, 1.807) is 62.3 Å². The predicted octanol–water partition coefficient (Wildman–Crippen LogP) is 0.409. The van der Waals surface area contributed by atoms with Crippen LogP contribution >= 0.6 is 0 Å². The number of aliphatic hydroxyl groups is 1. The first-order valence-electron chi connectivity index (χ1n) is 16.4. The van der Waals surface area contributed by atoms with Gasteiger partial charge in [0.05, 0.1) is 25.7 Å². The number of carboxylic acids is 1. The second-order valence-electron chi connectivity index (χ2n) is 15.4. The number of carbonyl (C=O) groups excluding carboxylic acids is 3. The van der Waals surface area contributed by atoms with Crippen molar-refractivity contribution < 1.29 is 53.5 Å². The zero-order chi connectivity index (χ0) is 36.6. The molecule has 2 aliphatic heterocycles. The van der Waals surface area contributed by atoms with Crippen LogP contribution in [0.4, 0.5) is 4.79 Å². The van der Waals surface area contributed by atoms with E-state index in [4.69, 9.17) is 14.2 Å². The van der Waals surface area contributed by atoms with E-state index in [9.17, 15) is 39.3 Å². The van der Waals surface area contributed by atoms with E-state index in [0.29, 0.717) is 26.2 Å². The topological polar surface area (TPSA) is 190 Å². The first-order chi connectivity index (χ1) is 21.9. The molecule has 0 aromatic rings. The Kier molecular flexibility index (Phi) is 14.6. The lowest BCUT2D eigenvalue weighted by molar-refractivity contribution is -0.158. The molecule has 0 bridgehead atoms. The summed E-state index contributed by atoms with van der Waals surface area (Å²) in [5, 5.41) is 30.6. The van der Waals surface area contributed by atoms with Crippen LogP contribution in [-0.4, -0.2) is 183 Å². The third-order valence-corrected chi connectivity index (χ3v) is 7.59. The third kappa shape index (κ3) is 14.6. The molecule has 0 aromatic carbocycles. The van der Waals surface area contributed by atoms with Gasteiger partial charge in [-0.25, -0.2) is 9.59 Å². The molecule has 0 radical (unpaired) electrons. The number of carboxylic acid groups (broad SMARTS) is 2. The van der Waals surface area contributed by atoms with Crippen molar-refractivity contribution in [3.05, 3.63) is 0 Å². The number of carbonyl (C=O) groups is 5. The van der Waals surface area contributed by atoms with Crippen molar-refractivity contribution in [3.63, 3.8) is 0 Å². The van der Waals surface area contributed by atoms with Crippen molar-refractivity contribution in [3.8, 4) is 0 Å². The van der Waals surface area contributed by atoms with Gasteiger partial charge in [0, 0.05) is 58.9 Å². The predicted molar refractivity (Wildman–Crippen MR) is 174 cm³/mol. The van der Waals surface area contributed by atoms with Gasteiger partial charge >= 0.3 is 30.0 Å². The maximum Gasteiger partial charge on any atom is 0.408 e. The molecule has 1 amide bonds. The monoisotopic (exact) mass is 687 g/mol. The summed E-state index contributed by atoms with van der Waals surface area (Å²) >= 11 is 0. The van der Waals surface area contributed by atoms with Crippen molar-refractivity contribution in [2.45, 2.75) is 97.3 Å². The van der Waals surface area contributed by atoms with Gasteiger partial charge in [-0.3, -0.25) is 38.9 Å². The van der Waals surface area contributed by atoms with Gasteiger partial charge in [0.1, 0.15) is 22.9 Å². The Bertz CT molecular complexity index is 1080. The highest BCUT2D eigenvalue weighted by Gasteiger charge is 2.49. The minimum Gasteiger partial charge on any atom is -0.480 e. The van der Waals surface area contributed by atoms with E-state index >= 15 is 0 Å². The maximum absolute atomic E-state index is 12.9. The van der Waals surface area contributed by atoms with Crippen LogP contribution in [-0.2, 0) is 33.4 Å². The van der Waals surface area contributed by atoms with Crippen LogP contribution in [0.15, 0.2) is 0 Å². The molecule has 3 N–H and O–H groups in total. The van der Waals surface area contributed by atoms with Gasteiger partial charge in [-0.2, -0.15) is 0 Å². The summed E-state index contributed by atoms with van der Waals surface area (Å²) in [5.74, 6) is -2.77. The van der Waals surface area contributed by atoms with Crippen LogP contribution in [0.1, 0.15) is 62.3 Å². The molecule has 2 fully saturated rings. The Balaban J connectivity index is 2.42. The van der Waals surface area contributed by atoms with Crippen LogP contribution in [0.3, 0.4) is 0 Å². The molecule has 0 aromatic heterocycles. The first kappa shape index (κ1) is 41.1.